The molecule has 98 valence electrons. The molecule has 2 aromatic rings. The zero-order valence-electron chi connectivity index (χ0n) is 11.1. The van der Waals surface area contributed by atoms with Crippen LogP contribution in [0.4, 0.5) is 5.69 Å². The normalized spacial score (nSPS) is 10.5. The Morgan fingerprint density at radius 2 is 1.58 bits per heavy atom. The van der Waals surface area contributed by atoms with Crippen LogP contribution < -0.4 is 5.32 Å². The third-order valence-corrected chi connectivity index (χ3v) is 3.26. The summed E-state index contributed by atoms with van der Waals surface area (Å²) in [7, 11) is 0. The first kappa shape index (κ1) is 13.7. The van der Waals surface area contributed by atoms with Crippen molar-refractivity contribution in [1.82, 2.24) is 0 Å². The van der Waals surface area contributed by atoms with Gasteiger partial charge in [0.2, 0.25) is 0 Å². The average Bonchev–Trinajstić information content (AvgIpc) is 2.40. The van der Waals surface area contributed by atoms with Crippen LogP contribution in [0.2, 0.25) is 0 Å². The molecule has 2 nitrogen and oxygen atoms in total. The Hall–Kier alpha value is -1.74. The summed E-state index contributed by atoms with van der Waals surface area (Å²) in [5.74, 6) is 0.387. The second-order valence-corrected chi connectivity index (χ2v) is 5.29. The molecule has 19 heavy (non-hydrogen) atoms. The molecule has 2 aromatic carbocycles. The number of hydrogen-bond donors (Lipinski definition) is 2. The van der Waals surface area contributed by atoms with E-state index in [1.807, 2.05) is 24.3 Å². The first-order valence-corrected chi connectivity index (χ1v) is 6.71. The van der Waals surface area contributed by atoms with Gasteiger partial charge in [-0.15, -0.1) is 12.6 Å². The Morgan fingerprint density at radius 1 is 1.00 bits per heavy atom. The molecule has 0 atom stereocenters. The molecule has 0 saturated carbocycles. The average molecular weight is 271 g/mol. The summed E-state index contributed by atoms with van der Waals surface area (Å²) in [6.45, 7) is 4.29. The van der Waals surface area contributed by atoms with Crippen LogP contribution in [-0.4, -0.2) is 5.91 Å². The zero-order chi connectivity index (χ0) is 13.8. The molecule has 3 heteroatoms. The Morgan fingerprint density at radius 3 is 2.11 bits per heavy atom. The van der Waals surface area contributed by atoms with Crippen LogP contribution in [0, 0.1) is 0 Å². The zero-order valence-corrected chi connectivity index (χ0v) is 11.9. The van der Waals surface area contributed by atoms with E-state index >= 15 is 0 Å². The first-order chi connectivity index (χ1) is 9.06. The van der Waals surface area contributed by atoms with E-state index in [-0.39, 0.29) is 5.91 Å². The highest BCUT2D eigenvalue weighted by Crippen LogP contribution is 2.18. The van der Waals surface area contributed by atoms with Gasteiger partial charge in [-0.25, -0.2) is 0 Å². The lowest BCUT2D eigenvalue weighted by Gasteiger charge is -2.08. The van der Waals surface area contributed by atoms with Crippen LogP contribution in [0.1, 0.15) is 35.7 Å². The third kappa shape index (κ3) is 3.61. The van der Waals surface area contributed by atoms with Crippen LogP contribution in [0.15, 0.2) is 53.4 Å². The largest absolute Gasteiger partial charge is 0.322 e. The summed E-state index contributed by atoms with van der Waals surface area (Å²) in [5, 5.41) is 2.88. The van der Waals surface area contributed by atoms with E-state index in [0.717, 1.165) is 10.6 Å². The molecule has 0 fully saturated rings. The van der Waals surface area contributed by atoms with Gasteiger partial charge in [0.25, 0.3) is 5.91 Å². The fourth-order valence-corrected chi connectivity index (χ4v) is 1.92. The smallest absolute Gasteiger partial charge is 0.255 e. The Balaban J connectivity index is 2.08. The number of amides is 1. The van der Waals surface area contributed by atoms with Gasteiger partial charge in [0.05, 0.1) is 0 Å². The van der Waals surface area contributed by atoms with Gasteiger partial charge in [-0.3, -0.25) is 4.79 Å². The second kappa shape index (κ2) is 5.93. The van der Waals surface area contributed by atoms with Gasteiger partial charge < -0.3 is 5.32 Å². The standard InChI is InChI=1S/C16H17NOS/c1-11(2)12-3-7-14(8-4-12)17-16(18)13-5-9-15(19)10-6-13/h3-11,19H,1-2H3,(H,17,18). The quantitative estimate of drug-likeness (QED) is 0.798. The van der Waals surface area contributed by atoms with Gasteiger partial charge in [0.1, 0.15) is 0 Å². The molecule has 0 aliphatic heterocycles. The lowest BCUT2D eigenvalue weighted by atomic mass is 10.0. The summed E-state index contributed by atoms with van der Waals surface area (Å²) in [6.07, 6.45) is 0. The SMILES string of the molecule is CC(C)c1ccc(NC(=O)c2ccc(S)cc2)cc1. The maximum Gasteiger partial charge on any atom is 0.255 e. The molecule has 0 heterocycles. The minimum Gasteiger partial charge on any atom is -0.322 e. The minimum absolute atomic E-state index is 0.106. The number of carbonyl (C=O) groups excluding carboxylic acids is 1. The number of anilines is 1. The van der Waals surface area contributed by atoms with Crippen LogP contribution in [-0.2, 0) is 0 Å². The molecule has 0 aliphatic carbocycles. The van der Waals surface area contributed by atoms with Crippen molar-refractivity contribution in [2.75, 3.05) is 5.32 Å². The lowest BCUT2D eigenvalue weighted by Crippen LogP contribution is -2.11. The fraction of sp³-hybridized carbons (Fsp3) is 0.188. The van der Waals surface area contributed by atoms with E-state index in [9.17, 15) is 4.79 Å². The number of nitrogens with one attached hydrogen (secondary N) is 1. The topological polar surface area (TPSA) is 29.1 Å². The predicted octanol–water partition coefficient (Wildman–Crippen LogP) is 4.35. The Kier molecular flexibility index (Phi) is 4.27. The van der Waals surface area contributed by atoms with Crippen molar-refractivity contribution in [3.63, 3.8) is 0 Å². The maximum absolute atomic E-state index is 12.0. The van der Waals surface area contributed by atoms with Crippen LogP contribution in [0.5, 0.6) is 0 Å². The van der Waals surface area contributed by atoms with Gasteiger partial charge in [-0.05, 0) is 47.9 Å². The summed E-state index contributed by atoms with van der Waals surface area (Å²) in [6, 6.07) is 15.1. The van der Waals surface area contributed by atoms with Crippen molar-refractivity contribution in [2.24, 2.45) is 0 Å². The van der Waals surface area contributed by atoms with E-state index in [2.05, 4.69) is 31.8 Å². The number of carbonyl (C=O) groups is 1. The highest BCUT2D eigenvalue weighted by Gasteiger charge is 2.06. The molecule has 0 aromatic heterocycles. The lowest BCUT2D eigenvalue weighted by molar-refractivity contribution is 0.102. The van der Waals surface area contributed by atoms with Crippen molar-refractivity contribution >= 4 is 24.2 Å². The van der Waals surface area contributed by atoms with Crippen LogP contribution >= 0.6 is 12.6 Å². The monoisotopic (exact) mass is 271 g/mol. The van der Waals surface area contributed by atoms with E-state index in [1.165, 1.54) is 5.56 Å². The minimum atomic E-state index is -0.106. The maximum atomic E-state index is 12.0. The molecule has 1 amide bonds. The summed E-state index contributed by atoms with van der Waals surface area (Å²) < 4.78 is 0. The van der Waals surface area contributed by atoms with E-state index in [0.29, 0.717) is 11.5 Å². The molecular formula is C16H17NOS. The number of thiol groups is 1. The number of hydrogen-bond acceptors (Lipinski definition) is 2. The van der Waals surface area contributed by atoms with Gasteiger partial charge in [0, 0.05) is 16.1 Å². The van der Waals surface area contributed by atoms with Gasteiger partial charge >= 0.3 is 0 Å². The molecule has 0 aliphatic rings. The van der Waals surface area contributed by atoms with Crippen molar-refractivity contribution < 1.29 is 4.79 Å². The molecule has 0 spiro atoms. The first-order valence-electron chi connectivity index (χ1n) is 6.26. The van der Waals surface area contributed by atoms with Crippen LogP contribution in [0.25, 0.3) is 0 Å². The van der Waals surface area contributed by atoms with Crippen molar-refractivity contribution in [3.05, 3.63) is 59.7 Å². The fourth-order valence-electron chi connectivity index (χ4n) is 1.77. The predicted molar refractivity (Wildman–Crippen MR) is 82.2 cm³/mol. The van der Waals surface area contributed by atoms with Gasteiger partial charge in [0.15, 0.2) is 0 Å². The molecule has 0 radical (unpaired) electrons. The highest BCUT2D eigenvalue weighted by molar-refractivity contribution is 7.80. The molecule has 2 rings (SSSR count). The summed E-state index contributed by atoms with van der Waals surface area (Å²) >= 11 is 4.20. The van der Waals surface area contributed by atoms with Gasteiger partial charge in [-0.2, -0.15) is 0 Å². The molecule has 0 unspecified atom stereocenters. The second-order valence-electron chi connectivity index (χ2n) is 4.78. The van der Waals surface area contributed by atoms with E-state index in [4.69, 9.17) is 0 Å². The van der Waals surface area contributed by atoms with Crippen molar-refractivity contribution in [2.45, 2.75) is 24.7 Å². The molecular weight excluding hydrogens is 254 g/mol. The van der Waals surface area contributed by atoms with Crippen LogP contribution in [0.3, 0.4) is 0 Å². The molecule has 1 N–H and O–H groups in total. The van der Waals surface area contributed by atoms with Crippen molar-refractivity contribution in [1.29, 1.82) is 0 Å². The van der Waals surface area contributed by atoms with E-state index in [1.54, 1.807) is 24.3 Å². The summed E-state index contributed by atoms with van der Waals surface area (Å²) in [4.78, 5) is 12.9. The highest BCUT2D eigenvalue weighted by atomic mass is 32.1. The Bertz CT molecular complexity index is 558. The van der Waals surface area contributed by atoms with E-state index < -0.39 is 0 Å². The number of rotatable bonds is 3. The molecule has 0 saturated heterocycles. The summed E-state index contributed by atoms with van der Waals surface area (Å²) in [5.41, 5.74) is 2.70. The molecule has 0 bridgehead atoms. The third-order valence-electron chi connectivity index (χ3n) is 2.96. The Labute approximate surface area is 119 Å². The van der Waals surface area contributed by atoms with Gasteiger partial charge in [-0.1, -0.05) is 26.0 Å². The number of benzene rings is 2. The van der Waals surface area contributed by atoms with Crippen molar-refractivity contribution in [3.8, 4) is 0 Å².